The number of halogens is 2. The molecule has 1 aromatic rings. The summed E-state index contributed by atoms with van der Waals surface area (Å²) < 4.78 is 3.86. The molecule has 1 aromatic carbocycles. The number of nitrogens with one attached hydrogen (secondary N) is 1. The molecule has 0 radical (unpaired) electrons. The van der Waals surface area contributed by atoms with Crippen LogP contribution in [0.5, 0.6) is 0 Å². The van der Waals surface area contributed by atoms with Crippen molar-refractivity contribution >= 4 is 46.5 Å². The Morgan fingerprint density at radius 3 is 2.48 bits per heavy atom. The molecular weight excluding hydrogens is 347 g/mol. The number of benzene rings is 1. The number of para-hydroxylation sites is 2. The number of rotatable bonds is 5. The number of anilines is 1. The van der Waals surface area contributed by atoms with Crippen molar-refractivity contribution in [2.24, 2.45) is 5.41 Å². The molecule has 23 heavy (non-hydrogen) atoms. The first kappa shape index (κ1) is 17.5. The smallest absolute Gasteiger partial charge is 0.315 e. The molecule has 0 aliphatic heterocycles. The molecule has 0 spiro atoms. The van der Waals surface area contributed by atoms with Crippen molar-refractivity contribution in [3.8, 4) is 0 Å². The highest BCUT2D eigenvalue weighted by atomic mass is 35.5. The minimum atomic E-state index is -1.20. The molecule has 124 valence electrons. The van der Waals surface area contributed by atoms with Gasteiger partial charge in [-0.15, -0.1) is 23.2 Å². The topological polar surface area (TPSA) is 98.5 Å². The van der Waals surface area contributed by atoms with Gasteiger partial charge in [0.25, 0.3) is 11.6 Å². The molecule has 0 bridgehead atoms. The monoisotopic (exact) mass is 360 g/mol. The number of hydrogen-bond donors (Lipinski definition) is 1. The molecule has 0 unspecified atom stereocenters. The summed E-state index contributed by atoms with van der Waals surface area (Å²) >= 11 is 11.8. The highest BCUT2D eigenvalue weighted by molar-refractivity contribution is 6.53. The Kier molecular flexibility index (Phi) is 4.54. The summed E-state index contributed by atoms with van der Waals surface area (Å²) in [6.07, 6.45) is -0.913. The second-order valence-corrected chi connectivity index (χ2v) is 7.01. The second kappa shape index (κ2) is 5.98. The maximum absolute atomic E-state index is 12.1. The highest BCUT2D eigenvalue weighted by Crippen LogP contribution is 2.64. The Labute approximate surface area is 142 Å². The SMILES string of the molecule is C[C@@H](OC(=O)[C@]1(C)CC1(Cl)Cl)C(=O)Nc1ccccc1[N+](=O)[O-]. The van der Waals surface area contributed by atoms with E-state index in [0.717, 1.165) is 0 Å². The number of hydrogen-bond acceptors (Lipinski definition) is 5. The third kappa shape index (κ3) is 3.40. The molecule has 1 amide bonds. The number of carbonyl (C=O) groups excluding carboxylic acids is 2. The Morgan fingerprint density at radius 1 is 1.39 bits per heavy atom. The normalized spacial score (nSPS) is 22.8. The standard InChI is InChI=1S/C14H14Cl2N2O5/c1-8(23-12(20)13(2)7-14(13,15)16)11(19)17-9-5-3-4-6-10(9)18(21)22/h3-6,8H,7H2,1-2H3,(H,17,19)/t8-,13+/m1/s1. The first-order valence-corrected chi connectivity index (χ1v) is 7.47. The van der Waals surface area contributed by atoms with Crippen LogP contribution in [0.1, 0.15) is 20.3 Å². The van der Waals surface area contributed by atoms with E-state index in [1.807, 2.05) is 0 Å². The summed E-state index contributed by atoms with van der Waals surface area (Å²) in [5.41, 5.74) is -1.29. The fourth-order valence-electron chi connectivity index (χ4n) is 1.94. The lowest BCUT2D eigenvalue weighted by Crippen LogP contribution is -2.33. The van der Waals surface area contributed by atoms with Gasteiger partial charge in [-0.2, -0.15) is 0 Å². The predicted molar refractivity (Wildman–Crippen MR) is 84.4 cm³/mol. The number of nitro benzene ring substituents is 1. The average Bonchev–Trinajstić information content (AvgIpc) is 2.99. The third-order valence-corrected chi connectivity index (χ3v) is 4.82. The maximum atomic E-state index is 12.1. The Hall–Kier alpha value is -1.86. The van der Waals surface area contributed by atoms with E-state index >= 15 is 0 Å². The lowest BCUT2D eigenvalue weighted by Gasteiger charge is -2.17. The fraction of sp³-hybridized carbons (Fsp3) is 0.429. The summed E-state index contributed by atoms with van der Waals surface area (Å²) in [5, 5.41) is 13.3. The molecule has 0 heterocycles. The largest absolute Gasteiger partial charge is 0.452 e. The molecule has 0 saturated heterocycles. The van der Waals surface area contributed by atoms with Crippen molar-refractivity contribution in [3.63, 3.8) is 0 Å². The lowest BCUT2D eigenvalue weighted by molar-refractivity contribution is -0.383. The Bertz CT molecular complexity index is 679. The van der Waals surface area contributed by atoms with Crippen LogP contribution in [0, 0.1) is 15.5 Å². The van der Waals surface area contributed by atoms with Crippen LogP contribution in [-0.2, 0) is 14.3 Å². The summed E-state index contributed by atoms with van der Waals surface area (Å²) in [6.45, 7) is 2.90. The van der Waals surface area contributed by atoms with E-state index in [-0.39, 0.29) is 17.8 Å². The van der Waals surface area contributed by atoms with E-state index in [9.17, 15) is 19.7 Å². The van der Waals surface area contributed by atoms with Gasteiger partial charge in [-0.3, -0.25) is 19.7 Å². The van der Waals surface area contributed by atoms with E-state index in [2.05, 4.69) is 5.32 Å². The van der Waals surface area contributed by atoms with Gasteiger partial charge in [0.05, 0.1) is 4.92 Å². The van der Waals surface area contributed by atoms with Gasteiger partial charge in [0.2, 0.25) is 0 Å². The van der Waals surface area contributed by atoms with Crippen molar-refractivity contribution in [1.29, 1.82) is 0 Å². The zero-order valence-corrected chi connectivity index (χ0v) is 13.9. The number of esters is 1. The molecular formula is C14H14Cl2N2O5. The van der Waals surface area contributed by atoms with Crippen LogP contribution < -0.4 is 5.32 Å². The highest BCUT2D eigenvalue weighted by Gasteiger charge is 2.69. The average molecular weight is 361 g/mol. The minimum absolute atomic E-state index is 0.0204. The molecule has 1 saturated carbocycles. The van der Waals surface area contributed by atoms with E-state index in [0.29, 0.717) is 0 Å². The molecule has 1 aliphatic carbocycles. The van der Waals surface area contributed by atoms with Crippen LogP contribution in [-0.4, -0.2) is 27.2 Å². The Morgan fingerprint density at radius 2 is 1.96 bits per heavy atom. The quantitative estimate of drug-likeness (QED) is 0.376. The number of alkyl halides is 2. The van der Waals surface area contributed by atoms with E-state index < -0.39 is 32.7 Å². The number of nitrogens with zero attached hydrogens (tertiary/aromatic N) is 1. The van der Waals surface area contributed by atoms with E-state index in [1.165, 1.54) is 25.1 Å². The van der Waals surface area contributed by atoms with Crippen LogP contribution in [0.3, 0.4) is 0 Å². The van der Waals surface area contributed by atoms with Crippen molar-refractivity contribution in [1.82, 2.24) is 0 Å². The van der Waals surface area contributed by atoms with Crippen LogP contribution in [0.2, 0.25) is 0 Å². The first-order valence-electron chi connectivity index (χ1n) is 6.72. The lowest BCUT2D eigenvalue weighted by atomic mass is 10.1. The second-order valence-electron chi connectivity index (χ2n) is 5.52. The molecule has 1 N–H and O–H groups in total. The van der Waals surface area contributed by atoms with Gasteiger partial charge >= 0.3 is 5.97 Å². The molecule has 2 rings (SSSR count). The zero-order chi connectivity index (χ0) is 17.4. The van der Waals surface area contributed by atoms with Crippen molar-refractivity contribution in [2.75, 3.05) is 5.32 Å². The molecule has 9 heteroatoms. The number of nitro groups is 1. The molecule has 7 nitrogen and oxygen atoms in total. The van der Waals surface area contributed by atoms with Crippen LogP contribution >= 0.6 is 23.2 Å². The first-order chi connectivity index (χ1) is 10.6. The predicted octanol–water partition coefficient (Wildman–Crippen LogP) is 3.05. The number of amides is 1. The summed E-state index contributed by atoms with van der Waals surface area (Å²) in [4.78, 5) is 34.3. The Balaban J connectivity index is 2.02. The third-order valence-electron chi connectivity index (χ3n) is 3.72. The summed E-state index contributed by atoms with van der Waals surface area (Å²) in [6, 6.07) is 5.66. The maximum Gasteiger partial charge on any atom is 0.315 e. The zero-order valence-electron chi connectivity index (χ0n) is 12.3. The van der Waals surface area contributed by atoms with Crippen LogP contribution in [0.4, 0.5) is 11.4 Å². The van der Waals surface area contributed by atoms with Crippen LogP contribution in [0.15, 0.2) is 24.3 Å². The van der Waals surface area contributed by atoms with Gasteiger partial charge < -0.3 is 10.1 Å². The molecule has 2 atom stereocenters. The van der Waals surface area contributed by atoms with Gasteiger partial charge in [0.1, 0.15) is 15.4 Å². The summed E-state index contributed by atoms with van der Waals surface area (Å²) in [7, 11) is 0. The van der Waals surface area contributed by atoms with Gasteiger partial charge in [0.15, 0.2) is 6.10 Å². The van der Waals surface area contributed by atoms with Crippen molar-refractivity contribution in [2.45, 2.75) is 30.7 Å². The van der Waals surface area contributed by atoms with E-state index in [4.69, 9.17) is 27.9 Å². The van der Waals surface area contributed by atoms with Crippen molar-refractivity contribution in [3.05, 3.63) is 34.4 Å². The fourth-order valence-corrected chi connectivity index (χ4v) is 2.63. The van der Waals surface area contributed by atoms with Gasteiger partial charge in [-0.1, -0.05) is 12.1 Å². The number of carbonyl (C=O) groups is 2. The summed E-state index contributed by atoms with van der Waals surface area (Å²) in [5.74, 6) is -1.38. The molecule has 1 fully saturated rings. The minimum Gasteiger partial charge on any atom is -0.452 e. The number of ether oxygens (including phenoxy) is 1. The van der Waals surface area contributed by atoms with Crippen LogP contribution in [0.25, 0.3) is 0 Å². The van der Waals surface area contributed by atoms with Gasteiger partial charge in [0, 0.05) is 12.5 Å². The molecule has 0 aromatic heterocycles. The van der Waals surface area contributed by atoms with E-state index in [1.54, 1.807) is 13.0 Å². The van der Waals surface area contributed by atoms with Crippen molar-refractivity contribution < 1.29 is 19.2 Å². The molecule has 1 aliphatic rings. The van der Waals surface area contributed by atoms with Gasteiger partial charge in [-0.05, 0) is 19.9 Å². The van der Waals surface area contributed by atoms with Gasteiger partial charge in [-0.25, -0.2) is 0 Å².